The quantitative estimate of drug-likeness (QED) is 0.812. The molecule has 1 aromatic rings. The summed E-state index contributed by atoms with van der Waals surface area (Å²) in [5, 5.41) is 7.12. The SMILES string of the molecule is CC1(C)CC(NCc2ccccn2)CCN1. The van der Waals surface area contributed by atoms with Gasteiger partial charge in [0.05, 0.1) is 5.69 Å². The Labute approximate surface area is 97.7 Å². The minimum atomic E-state index is 0.264. The third-order valence-corrected chi connectivity index (χ3v) is 3.15. The van der Waals surface area contributed by atoms with Gasteiger partial charge < -0.3 is 10.6 Å². The van der Waals surface area contributed by atoms with E-state index in [0.29, 0.717) is 6.04 Å². The molecule has 1 aliphatic rings. The van der Waals surface area contributed by atoms with E-state index in [-0.39, 0.29) is 5.54 Å². The average Bonchev–Trinajstić information content (AvgIpc) is 2.27. The Hall–Kier alpha value is -0.930. The molecule has 2 rings (SSSR count). The summed E-state index contributed by atoms with van der Waals surface area (Å²) < 4.78 is 0. The van der Waals surface area contributed by atoms with Crippen molar-refractivity contribution in [2.24, 2.45) is 0 Å². The van der Waals surface area contributed by atoms with Gasteiger partial charge in [-0.15, -0.1) is 0 Å². The molecule has 2 N–H and O–H groups in total. The van der Waals surface area contributed by atoms with Gasteiger partial charge in [-0.2, -0.15) is 0 Å². The molecule has 0 saturated carbocycles. The Morgan fingerprint density at radius 1 is 1.50 bits per heavy atom. The molecule has 1 atom stereocenters. The second-order valence-corrected chi connectivity index (χ2v) is 5.20. The molecule has 0 amide bonds. The molecule has 1 saturated heterocycles. The Bertz CT molecular complexity index is 321. The van der Waals surface area contributed by atoms with Gasteiger partial charge in [0.2, 0.25) is 0 Å². The van der Waals surface area contributed by atoms with Crippen LogP contribution in [0, 0.1) is 0 Å². The van der Waals surface area contributed by atoms with Gasteiger partial charge in [0.15, 0.2) is 0 Å². The largest absolute Gasteiger partial charge is 0.312 e. The van der Waals surface area contributed by atoms with Crippen LogP contribution < -0.4 is 10.6 Å². The van der Waals surface area contributed by atoms with Crippen LogP contribution in [0.5, 0.6) is 0 Å². The van der Waals surface area contributed by atoms with Gasteiger partial charge in [-0.1, -0.05) is 6.07 Å². The highest BCUT2D eigenvalue weighted by atomic mass is 15.0. The Balaban J connectivity index is 1.82. The monoisotopic (exact) mass is 219 g/mol. The molecule has 0 bridgehead atoms. The van der Waals surface area contributed by atoms with E-state index in [0.717, 1.165) is 18.8 Å². The molecule has 2 heterocycles. The second-order valence-electron chi connectivity index (χ2n) is 5.20. The van der Waals surface area contributed by atoms with Crippen molar-refractivity contribution < 1.29 is 0 Å². The predicted molar refractivity (Wildman–Crippen MR) is 66.2 cm³/mol. The normalized spacial score (nSPS) is 24.2. The highest BCUT2D eigenvalue weighted by Gasteiger charge is 2.26. The highest BCUT2D eigenvalue weighted by Crippen LogP contribution is 2.18. The zero-order valence-electron chi connectivity index (χ0n) is 10.2. The summed E-state index contributed by atoms with van der Waals surface area (Å²) in [6.07, 6.45) is 4.24. The van der Waals surface area contributed by atoms with E-state index in [1.54, 1.807) is 0 Å². The summed E-state index contributed by atoms with van der Waals surface area (Å²) >= 11 is 0. The minimum absolute atomic E-state index is 0.264. The van der Waals surface area contributed by atoms with Crippen molar-refractivity contribution in [1.82, 2.24) is 15.6 Å². The molecular weight excluding hydrogens is 198 g/mol. The van der Waals surface area contributed by atoms with Crippen LogP contribution in [-0.2, 0) is 6.54 Å². The van der Waals surface area contributed by atoms with Gasteiger partial charge in [0.1, 0.15) is 0 Å². The summed E-state index contributed by atoms with van der Waals surface area (Å²) in [5.41, 5.74) is 1.39. The molecule has 0 radical (unpaired) electrons. The number of hydrogen-bond acceptors (Lipinski definition) is 3. The average molecular weight is 219 g/mol. The standard InChI is InChI=1S/C13H21N3/c1-13(2)9-11(6-8-16-13)15-10-12-5-3-4-7-14-12/h3-5,7,11,15-16H,6,8-10H2,1-2H3. The highest BCUT2D eigenvalue weighted by molar-refractivity contribution is 5.03. The number of hydrogen-bond donors (Lipinski definition) is 2. The predicted octanol–water partition coefficient (Wildman–Crippen LogP) is 1.70. The van der Waals surface area contributed by atoms with Crippen LogP contribution in [0.3, 0.4) is 0 Å². The van der Waals surface area contributed by atoms with Crippen molar-refractivity contribution in [2.75, 3.05) is 6.54 Å². The molecular formula is C13H21N3. The van der Waals surface area contributed by atoms with E-state index in [2.05, 4.69) is 35.5 Å². The maximum absolute atomic E-state index is 4.32. The molecule has 0 spiro atoms. The molecule has 1 fully saturated rings. The van der Waals surface area contributed by atoms with Crippen molar-refractivity contribution in [3.05, 3.63) is 30.1 Å². The number of piperidine rings is 1. The fraction of sp³-hybridized carbons (Fsp3) is 0.615. The summed E-state index contributed by atoms with van der Waals surface area (Å²) in [6, 6.07) is 6.67. The van der Waals surface area contributed by atoms with E-state index in [1.165, 1.54) is 12.8 Å². The molecule has 1 aliphatic heterocycles. The Kier molecular flexibility index (Phi) is 3.56. The summed E-state index contributed by atoms with van der Waals surface area (Å²) in [4.78, 5) is 4.32. The third kappa shape index (κ3) is 3.29. The van der Waals surface area contributed by atoms with Crippen LogP contribution in [0.1, 0.15) is 32.4 Å². The topological polar surface area (TPSA) is 37.0 Å². The van der Waals surface area contributed by atoms with Crippen molar-refractivity contribution in [3.8, 4) is 0 Å². The molecule has 3 heteroatoms. The molecule has 1 aromatic heterocycles. The molecule has 88 valence electrons. The molecule has 16 heavy (non-hydrogen) atoms. The van der Waals surface area contributed by atoms with Gasteiger partial charge in [0, 0.05) is 24.3 Å². The summed E-state index contributed by atoms with van der Waals surface area (Å²) in [5.74, 6) is 0. The Morgan fingerprint density at radius 2 is 2.38 bits per heavy atom. The fourth-order valence-electron chi connectivity index (χ4n) is 2.30. The van der Waals surface area contributed by atoms with Crippen LogP contribution in [-0.4, -0.2) is 23.1 Å². The van der Waals surface area contributed by atoms with Gasteiger partial charge in [-0.25, -0.2) is 0 Å². The maximum Gasteiger partial charge on any atom is 0.0541 e. The van der Waals surface area contributed by atoms with E-state index in [4.69, 9.17) is 0 Å². The maximum atomic E-state index is 4.32. The minimum Gasteiger partial charge on any atom is -0.312 e. The third-order valence-electron chi connectivity index (χ3n) is 3.15. The summed E-state index contributed by atoms with van der Waals surface area (Å²) in [7, 11) is 0. The number of aromatic nitrogens is 1. The van der Waals surface area contributed by atoms with Gasteiger partial charge in [-0.3, -0.25) is 4.98 Å². The van der Waals surface area contributed by atoms with Crippen LogP contribution in [0.2, 0.25) is 0 Å². The lowest BCUT2D eigenvalue weighted by Crippen LogP contribution is -2.51. The Morgan fingerprint density at radius 3 is 3.06 bits per heavy atom. The molecule has 0 aromatic carbocycles. The van der Waals surface area contributed by atoms with E-state index < -0.39 is 0 Å². The van der Waals surface area contributed by atoms with E-state index in [9.17, 15) is 0 Å². The molecule has 0 aliphatic carbocycles. The first-order valence-corrected chi connectivity index (χ1v) is 6.04. The lowest BCUT2D eigenvalue weighted by Gasteiger charge is -2.36. The lowest BCUT2D eigenvalue weighted by atomic mass is 9.89. The van der Waals surface area contributed by atoms with Gasteiger partial charge in [0.25, 0.3) is 0 Å². The van der Waals surface area contributed by atoms with Crippen molar-refractivity contribution in [2.45, 2.75) is 44.8 Å². The molecule has 3 nitrogen and oxygen atoms in total. The van der Waals surface area contributed by atoms with Gasteiger partial charge >= 0.3 is 0 Å². The van der Waals surface area contributed by atoms with E-state index in [1.807, 2.05) is 18.3 Å². The second kappa shape index (κ2) is 4.93. The number of rotatable bonds is 3. The molecule has 1 unspecified atom stereocenters. The van der Waals surface area contributed by atoms with Crippen LogP contribution in [0.15, 0.2) is 24.4 Å². The van der Waals surface area contributed by atoms with Crippen LogP contribution in [0.4, 0.5) is 0 Å². The van der Waals surface area contributed by atoms with Gasteiger partial charge in [-0.05, 0) is 45.4 Å². The van der Waals surface area contributed by atoms with Crippen molar-refractivity contribution >= 4 is 0 Å². The lowest BCUT2D eigenvalue weighted by molar-refractivity contribution is 0.247. The first-order chi connectivity index (χ1) is 7.66. The number of nitrogens with one attached hydrogen (secondary N) is 2. The van der Waals surface area contributed by atoms with E-state index >= 15 is 0 Å². The number of nitrogens with zero attached hydrogens (tertiary/aromatic N) is 1. The summed E-state index contributed by atoms with van der Waals surface area (Å²) in [6.45, 7) is 6.51. The van der Waals surface area contributed by atoms with Crippen LogP contribution >= 0.6 is 0 Å². The first kappa shape index (κ1) is 11.6. The zero-order valence-corrected chi connectivity index (χ0v) is 10.2. The smallest absolute Gasteiger partial charge is 0.0541 e. The van der Waals surface area contributed by atoms with Crippen LogP contribution in [0.25, 0.3) is 0 Å². The zero-order chi connectivity index (χ0) is 11.4. The fourth-order valence-corrected chi connectivity index (χ4v) is 2.30. The first-order valence-electron chi connectivity index (χ1n) is 6.04. The van der Waals surface area contributed by atoms with Crippen molar-refractivity contribution in [1.29, 1.82) is 0 Å². The van der Waals surface area contributed by atoms with Crippen molar-refractivity contribution in [3.63, 3.8) is 0 Å². The number of pyridine rings is 1.